The van der Waals surface area contributed by atoms with E-state index in [-0.39, 0.29) is 0 Å². The number of aryl methyl sites for hydroxylation is 1. The lowest BCUT2D eigenvalue weighted by Gasteiger charge is -2.17. The summed E-state index contributed by atoms with van der Waals surface area (Å²) in [7, 11) is 0. The molecular formula is C19H23N3S2. The van der Waals surface area contributed by atoms with E-state index in [1.807, 2.05) is 11.8 Å². The zero-order valence-corrected chi connectivity index (χ0v) is 16.1. The zero-order valence-electron chi connectivity index (χ0n) is 14.5. The number of nitrogens with zero attached hydrogens (tertiary/aromatic N) is 3. The molecule has 0 amide bonds. The fourth-order valence-corrected chi connectivity index (χ4v) is 4.98. The molecule has 3 nitrogen and oxygen atoms in total. The standard InChI is InChI=1S/C19H23N3S2/c1-4-22(5-2)11-12-23-18-17-16(15-9-7-6-8-10-15)14(3)24-19(17)21-13-20-18/h6-10,13H,4-5,11-12H2,1-3H3. The molecule has 2 heterocycles. The van der Waals surface area contributed by atoms with Crippen molar-refractivity contribution in [3.8, 4) is 11.1 Å². The quantitative estimate of drug-likeness (QED) is 0.434. The molecule has 3 aromatic rings. The number of fused-ring (bicyclic) bond motifs is 1. The predicted octanol–water partition coefficient (Wildman–Crippen LogP) is 5.10. The van der Waals surface area contributed by atoms with Gasteiger partial charge in [0, 0.05) is 22.7 Å². The summed E-state index contributed by atoms with van der Waals surface area (Å²) < 4.78 is 0. The van der Waals surface area contributed by atoms with Gasteiger partial charge in [-0.1, -0.05) is 44.2 Å². The van der Waals surface area contributed by atoms with E-state index in [2.05, 4.69) is 66.0 Å². The van der Waals surface area contributed by atoms with E-state index < -0.39 is 0 Å². The van der Waals surface area contributed by atoms with Crippen molar-refractivity contribution >= 4 is 33.3 Å². The molecule has 24 heavy (non-hydrogen) atoms. The molecular weight excluding hydrogens is 334 g/mol. The van der Waals surface area contributed by atoms with E-state index in [4.69, 9.17) is 0 Å². The van der Waals surface area contributed by atoms with Gasteiger partial charge in [-0.3, -0.25) is 0 Å². The number of hydrogen-bond donors (Lipinski definition) is 0. The largest absolute Gasteiger partial charge is 0.303 e. The van der Waals surface area contributed by atoms with Crippen molar-refractivity contribution in [1.82, 2.24) is 14.9 Å². The van der Waals surface area contributed by atoms with Gasteiger partial charge in [-0.15, -0.1) is 23.1 Å². The van der Waals surface area contributed by atoms with Crippen LogP contribution in [0, 0.1) is 6.92 Å². The van der Waals surface area contributed by atoms with Gasteiger partial charge < -0.3 is 4.90 Å². The van der Waals surface area contributed by atoms with Crippen molar-refractivity contribution in [2.75, 3.05) is 25.4 Å². The molecule has 0 fully saturated rings. The van der Waals surface area contributed by atoms with Crippen molar-refractivity contribution in [3.05, 3.63) is 41.5 Å². The summed E-state index contributed by atoms with van der Waals surface area (Å²) in [6, 6.07) is 10.6. The lowest BCUT2D eigenvalue weighted by molar-refractivity contribution is 0.324. The number of thiophene rings is 1. The van der Waals surface area contributed by atoms with Gasteiger partial charge in [-0.25, -0.2) is 9.97 Å². The topological polar surface area (TPSA) is 29.0 Å². The van der Waals surface area contributed by atoms with E-state index in [9.17, 15) is 0 Å². The number of rotatable bonds is 7. The van der Waals surface area contributed by atoms with Crippen LogP contribution >= 0.6 is 23.1 Å². The highest BCUT2D eigenvalue weighted by Crippen LogP contribution is 2.41. The molecule has 0 N–H and O–H groups in total. The zero-order chi connectivity index (χ0) is 16.9. The number of thioether (sulfide) groups is 1. The first kappa shape index (κ1) is 17.4. The molecule has 0 unspecified atom stereocenters. The molecule has 1 aromatic carbocycles. The summed E-state index contributed by atoms with van der Waals surface area (Å²) in [4.78, 5) is 13.9. The molecule has 0 saturated heterocycles. The predicted molar refractivity (Wildman–Crippen MR) is 106 cm³/mol. The summed E-state index contributed by atoms with van der Waals surface area (Å²) in [6.45, 7) is 9.90. The van der Waals surface area contributed by atoms with Crippen LogP contribution in [-0.2, 0) is 0 Å². The van der Waals surface area contributed by atoms with Crippen LogP contribution in [0.1, 0.15) is 18.7 Å². The van der Waals surface area contributed by atoms with E-state index in [1.165, 1.54) is 21.4 Å². The minimum Gasteiger partial charge on any atom is -0.303 e. The van der Waals surface area contributed by atoms with Gasteiger partial charge in [0.2, 0.25) is 0 Å². The SMILES string of the molecule is CCN(CC)CCSc1ncnc2sc(C)c(-c3ccccc3)c12. The van der Waals surface area contributed by atoms with Gasteiger partial charge in [0.25, 0.3) is 0 Å². The maximum atomic E-state index is 4.59. The molecule has 2 aromatic heterocycles. The van der Waals surface area contributed by atoms with Gasteiger partial charge in [-0.2, -0.15) is 0 Å². The molecule has 126 valence electrons. The molecule has 0 aliphatic rings. The first-order valence-electron chi connectivity index (χ1n) is 8.39. The van der Waals surface area contributed by atoms with Crippen LogP contribution in [-0.4, -0.2) is 40.3 Å². The Kier molecular flexibility index (Phi) is 5.87. The Morgan fingerprint density at radius 2 is 1.83 bits per heavy atom. The second-order valence-electron chi connectivity index (χ2n) is 5.63. The summed E-state index contributed by atoms with van der Waals surface area (Å²) in [5.41, 5.74) is 2.54. The highest BCUT2D eigenvalue weighted by Gasteiger charge is 2.16. The highest BCUT2D eigenvalue weighted by molar-refractivity contribution is 7.99. The Hall–Kier alpha value is -1.43. The second kappa shape index (κ2) is 8.10. The Balaban J connectivity index is 1.94. The number of hydrogen-bond acceptors (Lipinski definition) is 5. The molecule has 0 saturated carbocycles. The molecule has 0 aliphatic carbocycles. The first-order chi connectivity index (χ1) is 11.7. The lowest BCUT2D eigenvalue weighted by Crippen LogP contribution is -2.25. The number of aromatic nitrogens is 2. The summed E-state index contributed by atoms with van der Waals surface area (Å²) in [5, 5.41) is 2.33. The Morgan fingerprint density at radius 3 is 2.54 bits per heavy atom. The van der Waals surface area contributed by atoms with Crippen LogP contribution < -0.4 is 0 Å². The van der Waals surface area contributed by atoms with Gasteiger partial charge >= 0.3 is 0 Å². The van der Waals surface area contributed by atoms with Crippen molar-refractivity contribution < 1.29 is 0 Å². The maximum Gasteiger partial charge on any atom is 0.128 e. The Morgan fingerprint density at radius 1 is 1.08 bits per heavy atom. The monoisotopic (exact) mass is 357 g/mol. The maximum absolute atomic E-state index is 4.59. The fourth-order valence-electron chi connectivity index (χ4n) is 2.89. The average Bonchev–Trinajstić information content (AvgIpc) is 2.96. The van der Waals surface area contributed by atoms with Crippen LogP contribution in [0.25, 0.3) is 21.3 Å². The minimum atomic E-state index is 1.05. The summed E-state index contributed by atoms with van der Waals surface area (Å²) in [5.74, 6) is 1.05. The number of benzene rings is 1. The van der Waals surface area contributed by atoms with Crippen LogP contribution in [0.5, 0.6) is 0 Å². The molecule has 0 bridgehead atoms. The third-order valence-corrected chi connectivity index (χ3v) is 6.22. The molecule has 0 aliphatic heterocycles. The lowest BCUT2D eigenvalue weighted by atomic mass is 10.0. The van der Waals surface area contributed by atoms with Crippen LogP contribution in [0.2, 0.25) is 0 Å². The third kappa shape index (κ3) is 3.63. The van der Waals surface area contributed by atoms with Crippen molar-refractivity contribution in [3.63, 3.8) is 0 Å². The average molecular weight is 358 g/mol. The molecule has 0 atom stereocenters. The van der Waals surface area contributed by atoms with Crippen molar-refractivity contribution in [1.29, 1.82) is 0 Å². The van der Waals surface area contributed by atoms with Gasteiger partial charge in [0.15, 0.2) is 0 Å². The smallest absolute Gasteiger partial charge is 0.128 e. The van der Waals surface area contributed by atoms with E-state index >= 15 is 0 Å². The van der Waals surface area contributed by atoms with Crippen LogP contribution in [0.15, 0.2) is 41.7 Å². The molecule has 0 radical (unpaired) electrons. The minimum absolute atomic E-state index is 1.05. The van der Waals surface area contributed by atoms with Gasteiger partial charge in [-0.05, 0) is 25.6 Å². The van der Waals surface area contributed by atoms with Crippen molar-refractivity contribution in [2.24, 2.45) is 0 Å². The summed E-state index contributed by atoms with van der Waals surface area (Å²) >= 11 is 3.61. The molecule has 0 spiro atoms. The van der Waals surface area contributed by atoms with Crippen LogP contribution in [0.4, 0.5) is 0 Å². The third-order valence-electron chi connectivity index (χ3n) is 4.23. The van der Waals surface area contributed by atoms with E-state index in [0.29, 0.717) is 0 Å². The normalized spacial score (nSPS) is 11.5. The molecule has 5 heteroatoms. The Labute approximate surface area is 152 Å². The second-order valence-corrected chi connectivity index (χ2v) is 7.92. The van der Waals surface area contributed by atoms with Gasteiger partial charge in [0.1, 0.15) is 16.2 Å². The van der Waals surface area contributed by atoms with Crippen molar-refractivity contribution in [2.45, 2.75) is 25.8 Å². The van der Waals surface area contributed by atoms with E-state index in [0.717, 1.165) is 35.2 Å². The van der Waals surface area contributed by atoms with E-state index in [1.54, 1.807) is 17.7 Å². The molecule has 3 rings (SSSR count). The Bertz CT molecular complexity index is 795. The summed E-state index contributed by atoms with van der Waals surface area (Å²) in [6.07, 6.45) is 1.70. The fraction of sp³-hybridized carbons (Fsp3) is 0.368. The van der Waals surface area contributed by atoms with Gasteiger partial charge in [0.05, 0.1) is 5.39 Å². The highest BCUT2D eigenvalue weighted by atomic mass is 32.2. The first-order valence-corrected chi connectivity index (χ1v) is 10.2. The van der Waals surface area contributed by atoms with Crippen LogP contribution in [0.3, 0.4) is 0 Å².